The van der Waals surface area contributed by atoms with E-state index >= 15 is 0 Å². The number of sulfonamides is 1. The normalized spacial score (nSPS) is 13.1. The Morgan fingerprint density at radius 1 is 1.03 bits per heavy atom. The molecule has 1 aromatic heterocycles. The Hall–Kier alpha value is -3.43. The Bertz CT molecular complexity index is 1260. The van der Waals surface area contributed by atoms with Gasteiger partial charge in [0.05, 0.1) is 11.5 Å². The Kier molecular flexibility index (Phi) is 7.44. The Morgan fingerprint density at radius 2 is 1.79 bits per heavy atom. The van der Waals surface area contributed by atoms with E-state index in [0.717, 1.165) is 31.2 Å². The van der Waals surface area contributed by atoms with Gasteiger partial charge in [-0.3, -0.25) is 9.52 Å². The van der Waals surface area contributed by atoms with E-state index in [9.17, 15) is 13.2 Å². The minimum atomic E-state index is -3.71. The van der Waals surface area contributed by atoms with Gasteiger partial charge >= 0.3 is 0 Å². The first-order valence-electron chi connectivity index (χ1n) is 11.1. The molecule has 0 spiro atoms. The van der Waals surface area contributed by atoms with Crippen molar-refractivity contribution in [2.45, 2.75) is 30.6 Å². The number of methoxy groups -OCH3 is 1. The van der Waals surface area contributed by atoms with E-state index in [1.54, 1.807) is 55.6 Å². The predicted molar refractivity (Wildman–Crippen MR) is 129 cm³/mol. The van der Waals surface area contributed by atoms with Crippen LogP contribution in [0.1, 0.15) is 34.3 Å². The number of carbonyl (C=O) groups is 1. The molecule has 3 aromatic rings. The van der Waals surface area contributed by atoms with Crippen molar-refractivity contribution in [1.82, 2.24) is 10.3 Å². The lowest BCUT2D eigenvalue weighted by atomic mass is 9.92. The molecule has 2 aromatic carbocycles. The zero-order chi connectivity index (χ0) is 24.0. The largest absolute Gasteiger partial charge is 0.438 e. The number of pyridine rings is 1. The fourth-order valence-electron chi connectivity index (χ4n) is 3.80. The molecule has 178 valence electrons. The van der Waals surface area contributed by atoms with Gasteiger partial charge in [0.2, 0.25) is 5.88 Å². The summed E-state index contributed by atoms with van der Waals surface area (Å²) in [5.74, 6) is 0.246. The van der Waals surface area contributed by atoms with E-state index in [4.69, 9.17) is 9.47 Å². The number of nitrogens with zero attached hydrogens (tertiary/aromatic N) is 1. The number of rotatable bonds is 9. The number of benzene rings is 2. The first-order chi connectivity index (χ1) is 16.5. The molecule has 0 saturated heterocycles. The van der Waals surface area contributed by atoms with Crippen LogP contribution in [0.25, 0.3) is 0 Å². The van der Waals surface area contributed by atoms with Gasteiger partial charge in [-0.15, -0.1) is 0 Å². The van der Waals surface area contributed by atoms with E-state index in [0.29, 0.717) is 24.6 Å². The van der Waals surface area contributed by atoms with Crippen molar-refractivity contribution >= 4 is 21.6 Å². The number of amides is 1. The summed E-state index contributed by atoms with van der Waals surface area (Å²) in [6, 6.07) is 15.0. The van der Waals surface area contributed by atoms with Crippen LogP contribution in [-0.2, 0) is 27.6 Å². The van der Waals surface area contributed by atoms with Crippen molar-refractivity contribution in [2.24, 2.45) is 0 Å². The number of aromatic nitrogens is 1. The molecule has 8 nitrogen and oxygen atoms in total. The maximum Gasteiger partial charge on any atom is 0.261 e. The molecule has 0 saturated carbocycles. The quantitative estimate of drug-likeness (QED) is 0.449. The lowest BCUT2D eigenvalue weighted by Gasteiger charge is -2.17. The van der Waals surface area contributed by atoms with Crippen molar-refractivity contribution in [3.63, 3.8) is 0 Å². The van der Waals surface area contributed by atoms with Gasteiger partial charge in [0.25, 0.3) is 15.9 Å². The van der Waals surface area contributed by atoms with Crippen LogP contribution in [0.4, 0.5) is 5.69 Å². The van der Waals surface area contributed by atoms with Crippen molar-refractivity contribution in [1.29, 1.82) is 0 Å². The lowest BCUT2D eigenvalue weighted by molar-refractivity contribution is 0.0934. The Morgan fingerprint density at radius 3 is 2.56 bits per heavy atom. The second kappa shape index (κ2) is 10.7. The van der Waals surface area contributed by atoms with Crippen LogP contribution in [0.3, 0.4) is 0 Å². The molecule has 0 fully saturated rings. The van der Waals surface area contributed by atoms with Gasteiger partial charge in [0.1, 0.15) is 11.3 Å². The number of hydrogen-bond acceptors (Lipinski definition) is 6. The Balaban J connectivity index is 1.44. The highest BCUT2D eigenvalue weighted by Gasteiger charge is 2.18. The third-order valence-electron chi connectivity index (χ3n) is 5.56. The van der Waals surface area contributed by atoms with Gasteiger partial charge < -0.3 is 14.8 Å². The van der Waals surface area contributed by atoms with Crippen molar-refractivity contribution < 1.29 is 22.7 Å². The zero-order valence-corrected chi connectivity index (χ0v) is 19.7. The third kappa shape index (κ3) is 5.73. The summed E-state index contributed by atoms with van der Waals surface area (Å²) in [6.07, 6.45) is 5.66. The van der Waals surface area contributed by atoms with Crippen LogP contribution < -0.4 is 14.8 Å². The minimum absolute atomic E-state index is 0.153. The van der Waals surface area contributed by atoms with Gasteiger partial charge in [-0.05, 0) is 85.3 Å². The molecule has 9 heteroatoms. The molecule has 1 aliphatic carbocycles. The number of carbonyl (C=O) groups excluding carboxylic acids is 1. The van der Waals surface area contributed by atoms with Crippen LogP contribution in [0.5, 0.6) is 11.6 Å². The van der Waals surface area contributed by atoms with Crippen LogP contribution in [0.15, 0.2) is 65.7 Å². The number of nitrogens with one attached hydrogen (secondary N) is 2. The number of fused-ring (bicyclic) bond motifs is 1. The molecule has 1 heterocycles. The highest BCUT2D eigenvalue weighted by molar-refractivity contribution is 7.92. The molecule has 0 atom stereocenters. The Labute approximate surface area is 199 Å². The number of hydrogen-bond donors (Lipinski definition) is 2. The molecule has 0 unspecified atom stereocenters. The van der Waals surface area contributed by atoms with E-state index in [2.05, 4.69) is 15.0 Å². The first kappa shape index (κ1) is 23.7. The molecular formula is C25H27N3O5S. The highest BCUT2D eigenvalue weighted by atomic mass is 32.2. The molecule has 34 heavy (non-hydrogen) atoms. The maximum absolute atomic E-state index is 12.9. The second-order valence-electron chi connectivity index (χ2n) is 7.97. The summed E-state index contributed by atoms with van der Waals surface area (Å²) < 4.78 is 39.1. The predicted octanol–water partition coefficient (Wildman–Crippen LogP) is 3.93. The maximum atomic E-state index is 12.9. The number of ether oxygens (including phenoxy) is 2. The molecule has 4 rings (SSSR count). The van der Waals surface area contributed by atoms with Gasteiger partial charge in [-0.25, -0.2) is 13.4 Å². The molecule has 1 amide bonds. The molecule has 0 bridgehead atoms. The van der Waals surface area contributed by atoms with Gasteiger partial charge in [-0.2, -0.15) is 0 Å². The molecular weight excluding hydrogens is 454 g/mol. The summed E-state index contributed by atoms with van der Waals surface area (Å²) in [5.41, 5.74) is 3.03. The van der Waals surface area contributed by atoms with E-state index in [1.165, 1.54) is 11.8 Å². The third-order valence-corrected chi connectivity index (χ3v) is 6.94. The van der Waals surface area contributed by atoms with Crippen molar-refractivity contribution in [3.05, 3.63) is 77.5 Å². The minimum Gasteiger partial charge on any atom is -0.438 e. The zero-order valence-electron chi connectivity index (χ0n) is 18.9. The first-order valence-corrected chi connectivity index (χ1v) is 12.6. The van der Waals surface area contributed by atoms with Crippen LogP contribution in [0, 0.1) is 0 Å². The summed E-state index contributed by atoms with van der Waals surface area (Å²) >= 11 is 0. The average Bonchev–Trinajstić information content (AvgIpc) is 2.85. The van der Waals surface area contributed by atoms with Crippen molar-refractivity contribution in [3.8, 4) is 11.6 Å². The summed E-state index contributed by atoms with van der Waals surface area (Å²) in [5, 5.41) is 2.73. The van der Waals surface area contributed by atoms with E-state index in [1.807, 2.05) is 6.07 Å². The molecule has 2 N–H and O–H groups in total. The van der Waals surface area contributed by atoms with Crippen LogP contribution in [0.2, 0.25) is 0 Å². The summed E-state index contributed by atoms with van der Waals surface area (Å²) in [6.45, 7) is 0.758. The van der Waals surface area contributed by atoms with Gasteiger partial charge in [0, 0.05) is 25.5 Å². The summed E-state index contributed by atoms with van der Waals surface area (Å²) in [4.78, 5) is 16.8. The standard InChI is InChI=1S/C25H27N3O5S/c1-32-16-15-26-24(29)23-7-4-14-27-25(23)33-21-11-9-20(10-12-21)28-34(30,31)22-13-8-18-5-2-3-6-19(18)17-22/h4,7-14,17,28H,2-3,5-6,15-16H2,1H3,(H,26,29). The molecule has 1 aliphatic rings. The highest BCUT2D eigenvalue weighted by Crippen LogP contribution is 2.27. The average molecular weight is 482 g/mol. The number of aryl methyl sites for hydroxylation is 2. The van der Waals surface area contributed by atoms with Gasteiger partial charge in [-0.1, -0.05) is 6.07 Å². The van der Waals surface area contributed by atoms with Crippen LogP contribution >= 0.6 is 0 Å². The SMILES string of the molecule is COCCNC(=O)c1cccnc1Oc1ccc(NS(=O)(=O)c2ccc3c(c2)CCCC3)cc1. The second-order valence-corrected chi connectivity index (χ2v) is 9.66. The molecule has 0 aliphatic heterocycles. The monoisotopic (exact) mass is 481 g/mol. The number of anilines is 1. The smallest absolute Gasteiger partial charge is 0.261 e. The van der Waals surface area contributed by atoms with Crippen LogP contribution in [-0.4, -0.2) is 39.6 Å². The van der Waals surface area contributed by atoms with Gasteiger partial charge in [0.15, 0.2) is 0 Å². The fourth-order valence-corrected chi connectivity index (χ4v) is 4.91. The van der Waals surface area contributed by atoms with E-state index < -0.39 is 10.0 Å². The summed E-state index contributed by atoms with van der Waals surface area (Å²) in [7, 11) is -2.16. The topological polar surface area (TPSA) is 107 Å². The fraction of sp³-hybridized carbons (Fsp3) is 0.280. The lowest BCUT2D eigenvalue weighted by Crippen LogP contribution is -2.27. The van der Waals surface area contributed by atoms with Crippen molar-refractivity contribution in [2.75, 3.05) is 25.0 Å². The molecule has 0 radical (unpaired) electrons. The van der Waals surface area contributed by atoms with E-state index in [-0.39, 0.29) is 22.2 Å².